The molecule has 0 bridgehead atoms. The average molecular weight is 338 g/mol. The van der Waals surface area contributed by atoms with Gasteiger partial charge in [-0.25, -0.2) is 0 Å². The van der Waals surface area contributed by atoms with Gasteiger partial charge in [0.1, 0.15) is 5.75 Å². The normalized spacial score (nSPS) is 39.0. The maximum Gasteiger partial charge on any atom is 0.119 e. The van der Waals surface area contributed by atoms with E-state index in [-0.39, 0.29) is 0 Å². The molecule has 0 aliphatic heterocycles. The van der Waals surface area contributed by atoms with Crippen molar-refractivity contribution in [2.75, 3.05) is 7.11 Å². The fourth-order valence-corrected chi connectivity index (χ4v) is 6.85. The van der Waals surface area contributed by atoms with Gasteiger partial charge in [0, 0.05) is 6.42 Å². The summed E-state index contributed by atoms with van der Waals surface area (Å²) in [5.74, 6) is 4.76. The molecule has 2 fully saturated rings. The third-order valence-corrected chi connectivity index (χ3v) is 8.17. The smallest absolute Gasteiger partial charge is 0.119 e. The van der Waals surface area contributed by atoms with E-state index in [0.29, 0.717) is 11.3 Å². The van der Waals surface area contributed by atoms with Gasteiger partial charge in [-0.1, -0.05) is 26.3 Å². The van der Waals surface area contributed by atoms with Crippen LogP contribution in [-0.4, -0.2) is 7.11 Å². The Labute approximate surface area is 152 Å². The summed E-state index contributed by atoms with van der Waals surface area (Å²) in [6.45, 7) is 4.89. The average Bonchev–Trinajstić information content (AvgIpc) is 2.97. The molecule has 0 aromatic heterocycles. The molecule has 0 N–H and O–H groups in total. The number of nitrogens with zero attached hydrogens (tertiary/aromatic N) is 1. The minimum absolute atomic E-state index is 0.397. The summed E-state index contributed by atoms with van der Waals surface area (Å²) < 4.78 is 5.48. The molecular weight excluding hydrogens is 306 g/mol. The molecule has 2 saturated carbocycles. The van der Waals surface area contributed by atoms with E-state index in [1.54, 1.807) is 12.7 Å². The Morgan fingerprint density at radius 1 is 1.28 bits per heavy atom. The second kappa shape index (κ2) is 6.35. The molecule has 4 rings (SSSR count). The van der Waals surface area contributed by atoms with Crippen molar-refractivity contribution in [1.82, 2.24) is 0 Å². The van der Waals surface area contributed by atoms with Crippen LogP contribution in [0.2, 0.25) is 0 Å². The van der Waals surface area contributed by atoms with Crippen molar-refractivity contribution < 1.29 is 4.74 Å². The molecule has 25 heavy (non-hydrogen) atoms. The molecule has 2 nitrogen and oxygen atoms in total. The van der Waals surface area contributed by atoms with Crippen molar-refractivity contribution in [2.24, 2.45) is 29.1 Å². The van der Waals surface area contributed by atoms with Gasteiger partial charge >= 0.3 is 0 Å². The molecule has 0 amide bonds. The Balaban J connectivity index is 1.71. The van der Waals surface area contributed by atoms with Gasteiger partial charge in [0.25, 0.3) is 0 Å². The lowest BCUT2D eigenvalue weighted by Crippen LogP contribution is -2.45. The minimum atomic E-state index is 0.397. The zero-order chi connectivity index (χ0) is 17.6. The van der Waals surface area contributed by atoms with E-state index in [9.17, 15) is 5.26 Å². The lowest BCUT2D eigenvalue weighted by molar-refractivity contribution is 0.00152. The van der Waals surface area contributed by atoms with Crippen LogP contribution < -0.4 is 4.74 Å². The van der Waals surface area contributed by atoms with E-state index in [1.807, 2.05) is 0 Å². The van der Waals surface area contributed by atoms with Crippen LogP contribution in [0.1, 0.15) is 69.4 Å². The Hall–Kier alpha value is -1.49. The molecule has 6 atom stereocenters. The molecule has 2 heteroatoms. The monoisotopic (exact) mass is 337 g/mol. The summed E-state index contributed by atoms with van der Waals surface area (Å²) in [4.78, 5) is 0. The second-order valence-corrected chi connectivity index (χ2v) is 8.91. The van der Waals surface area contributed by atoms with Crippen molar-refractivity contribution in [3.05, 3.63) is 29.3 Å². The van der Waals surface area contributed by atoms with Crippen LogP contribution in [0.5, 0.6) is 5.75 Å². The lowest BCUT2D eigenvalue weighted by atomic mass is 9.51. The highest BCUT2D eigenvalue weighted by atomic mass is 16.5. The number of benzene rings is 1. The molecule has 1 aromatic rings. The van der Waals surface area contributed by atoms with Gasteiger partial charge in [-0.2, -0.15) is 5.26 Å². The van der Waals surface area contributed by atoms with Gasteiger partial charge in [-0.3, -0.25) is 0 Å². The Bertz CT molecular complexity index is 690. The summed E-state index contributed by atoms with van der Waals surface area (Å²) in [6.07, 6.45) is 8.44. The number of methoxy groups -OCH3 is 1. The summed E-state index contributed by atoms with van der Waals surface area (Å²) in [6, 6.07) is 9.27. The summed E-state index contributed by atoms with van der Waals surface area (Å²) >= 11 is 0. The van der Waals surface area contributed by atoms with Gasteiger partial charge in [0.05, 0.1) is 13.2 Å². The molecule has 0 spiro atoms. The molecule has 1 aromatic carbocycles. The number of hydrogen-bond donors (Lipinski definition) is 0. The predicted molar refractivity (Wildman–Crippen MR) is 100 cm³/mol. The maximum absolute atomic E-state index is 9.28. The Kier molecular flexibility index (Phi) is 4.30. The van der Waals surface area contributed by atoms with E-state index in [4.69, 9.17) is 4.74 Å². The SMILES string of the molecule is CC[C@@H]1Cc2cc(OC)ccc2[C@H]2CC[C@]3(C)[C@H](CC#N)CC[C@H]3[C@H]12. The molecule has 134 valence electrons. The first kappa shape index (κ1) is 17.0. The molecule has 0 unspecified atom stereocenters. The quantitative estimate of drug-likeness (QED) is 0.707. The van der Waals surface area contributed by atoms with Gasteiger partial charge in [-0.05, 0) is 90.4 Å². The molecule has 3 aliphatic rings. The van der Waals surface area contributed by atoms with Crippen molar-refractivity contribution in [1.29, 1.82) is 5.26 Å². The summed E-state index contributed by atoms with van der Waals surface area (Å²) in [5, 5.41) is 9.28. The highest BCUT2D eigenvalue weighted by Gasteiger charge is 2.56. The minimum Gasteiger partial charge on any atom is -0.497 e. The fraction of sp³-hybridized carbons (Fsp3) is 0.696. The molecule has 0 saturated heterocycles. The van der Waals surface area contributed by atoms with Crippen molar-refractivity contribution in [3.8, 4) is 11.8 Å². The van der Waals surface area contributed by atoms with Crippen LogP contribution in [0.25, 0.3) is 0 Å². The van der Waals surface area contributed by atoms with Gasteiger partial charge in [0.15, 0.2) is 0 Å². The fourth-order valence-electron chi connectivity index (χ4n) is 6.85. The van der Waals surface area contributed by atoms with Crippen LogP contribution in [0.3, 0.4) is 0 Å². The van der Waals surface area contributed by atoms with Crippen LogP contribution in [0, 0.1) is 40.4 Å². The standard InChI is InChI=1S/C23H31NO/c1-4-15-13-16-14-18(25-3)6-7-19(16)20-9-11-23(2)17(10-12-24)5-8-21(23)22(15)20/h6-7,14-15,17,20-22H,4-5,8-11,13H2,1-3H3/t15-,17+,20-,21+,22-,23-/m1/s1. The summed E-state index contributed by atoms with van der Waals surface area (Å²) in [7, 11) is 1.77. The number of fused-ring (bicyclic) bond motifs is 5. The maximum atomic E-state index is 9.28. The van der Waals surface area contributed by atoms with E-state index in [2.05, 4.69) is 38.1 Å². The van der Waals surface area contributed by atoms with E-state index in [0.717, 1.165) is 35.8 Å². The zero-order valence-electron chi connectivity index (χ0n) is 15.9. The predicted octanol–water partition coefficient (Wildman–Crippen LogP) is 5.72. The first-order valence-electron chi connectivity index (χ1n) is 10.2. The first-order chi connectivity index (χ1) is 12.1. The highest BCUT2D eigenvalue weighted by molar-refractivity contribution is 5.41. The molecule has 0 radical (unpaired) electrons. The van der Waals surface area contributed by atoms with Gasteiger partial charge in [0.2, 0.25) is 0 Å². The number of hydrogen-bond acceptors (Lipinski definition) is 2. The van der Waals surface area contributed by atoms with Crippen LogP contribution in [0.15, 0.2) is 18.2 Å². The number of rotatable bonds is 3. The zero-order valence-corrected chi connectivity index (χ0v) is 15.9. The van der Waals surface area contributed by atoms with E-state index >= 15 is 0 Å². The lowest BCUT2D eigenvalue weighted by Gasteiger charge is -2.53. The van der Waals surface area contributed by atoms with Gasteiger partial charge in [-0.15, -0.1) is 0 Å². The van der Waals surface area contributed by atoms with Crippen molar-refractivity contribution >= 4 is 0 Å². The molecule has 3 aliphatic carbocycles. The van der Waals surface area contributed by atoms with Crippen LogP contribution >= 0.6 is 0 Å². The topological polar surface area (TPSA) is 33.0 Å². The third kappa shape index (κ3) is 2.50. The first-order valence-corrected chi connectivity index (χ1v) is 10.2. The van der Waals surface area contributed by atoms with Crippen molar-refractivity contribution in [2.45, 2.75) is 64.7 Å². The Morgan fingerprint density at radius 3 is 2.84 bits per heavy atom. The van der Waals surface area contributed by atoms with Crippen molar-refractivity contribution in [3.63, 3.8) is 0 Å². The number of nitriles is 1. The van der Waals surface area contributed by atoms with Crippen LogP contribution in [0.4, 0.5) is 0 Å². The number of ether oxygens (including phenoxy) is 1. The molecule has 0 heterocycles. The van der Waals surface area contributed by atoms with Crippen LogP contribution in [-0.2, 0) is 6.42 Å². The largest absolute Gasteiger partial charge is 0.497 e. The second-order valence-electron chi connectivity index (χ2n) is 8.91. The third-order valence-electron chi connectivity index (χ3n) is 8.17. The van der Waals surface area contributed by atoms with E-state index < -0.39 is 0 Å². The Morgan fingerprint density at radius 2 is 2.12 bits per heavy atom. The highest BCUT2D eigenvalue weighted by Crippen LogP contribution is 2.64. The summed E-state index contributed by atoms with van der Waals surface area (Å²) in [5.41, 5.74) is 3.53. The van der Waals surface area contributed by atoms with E-state index in [1.165, 1.54) is 44.1 Å². The van der Waals surface area contributed by atoms with Gasteiger partial charge < -0.3 is 4.74 Å². The molecular formula is C23H31NO.